The van der Waals surface area contributed by atoms with Crippen LogP contribution in [0.3, 0.4) is 0 Å². The Hall–Kier alpha value is -1.87. The fourth-order valence-electron chi connectivity index (χ4n) is 1.08. The summed E-state index contributed by atoms with van der Waals surface area (Å²) in [5.74, 6) is 5.13. The van der Waals surface area contributed by atoms with E-state index in [0.29, 0.717) is 16.6 Å². The number of amides is 1. The Labute approximate surface area is 94.4 Å². The summed E-state index contributed by atoms with van der Waals surface area (Å²) in [6, 6.07) is 1.60. The van der Waals surface area contributed by atoms with Crippen molar-refractivity contribution in [3.05, 3.63) is 12.4 Å². The van der Waals surface area contributed by atoms with Gasteiger partial charge in [-0.05, 0) is 0 Å². The molecule has 5 N–H and O–H groups in total. The topological polar surface area (TPSA) is 124 Å². The van der Waals surface area contributed by atoms with E-state index < -0.39 is 0 Å². The molecule has 9 heteroatoms. The minimum atomic E-state index is -0.303. The Morgan fingerprint density at radius 2 is 2.44 bits per heavy atom. The predicted octanol–water partition coefficient (Wildman–Crippen LogP) is -1.21. The highest BCUT2D eigenvalue weighted by atomic mass is 32.2. The fourth-order valence-corrected chi connectivity index (χ4v) is 1.86. The molecular formula is C7H9N7OS. The van der Waals surface area contributed by atoms with Gasteiger partial charge < -0.3 is 5.73 Å². The second-order valence-corrected chi connectivity index (χ2v) is 3.79. The Morgan fingerprint density at radius 1 is 1.62 bits per heavy atom. The van der Waals surface area contributed by atoms with E-state index in [1.807, 2.05) is 5.43 Å². The number of hydrogen-bond acceptors (Lipinski definition) is 7. The average Bonchev–Trinajstić information content (AvgIpc) is 2.73. The quantitative estimate of drug-likeness (QED) is 0.202. The van der Waals surface area contributed by atoms with Crippen molar-refractivity contribution in [3.8, 4) is 0 Å². The number of fused-ring (bicyclic) bond motifs is 1. The van der Waals surface area contributed by atoms with Crippen LogP contribution in [0, 0.1) is 0 Å². The van der Waals surface area contributed by atoms with Gasteiger partial charge in [-0.1, -0.05) is 11.8 Å². The molecule has 8 nitrogen and oxygen atoms in total. The van der Waals surface area contributed by atoms with E-state index in [0.717, 1.165) is 0 Å². The number of hydrazine groups is 1. The van der Waals surface area contributed by atoms with E-state index in [2.05, 4.69) is 15.1 Å². The number of nitrogen functional groups attached to an aromatic ring is 1. The van der Waals surface area contributed by atoms with Gasteiger partial charge in [0.25, 0.3) is 0 Å². The number of nitrogens with zero attached hydrogens (tertiary/aromatic N) is 4. The van der Waals surface area contributed by atoms with Crippen molar-refractivity contribution in [1.82, 2.24) is 25.0 Å². The van der Waals surface area contributed by atoms with Gasteiger partial charge in [-0.25, -0.2) is 15.8 Å². The molecule has 0 aromatic carbocycles. The summed E-state index contributed by atoms with van der Waals surface area (Å²) >= 11 is 1.18. The zero-order valence-electron chi connectivity index (χ0n) is 8.12. The molecule has 0 saturated heterocycles. The van der Waals surface area contributed by atoms with Gasteiger partial charge in [0.05, 0.1) is 5.75 Å². The SMILES string of the molecule is NNC(=O)CSc1nc(N)cc2ncnn12. The van der Waals surface area contributed by atoms with Crippen LogP contribution in [-0.2, 0) is 4.79 Å². The van der Waals surface area contributed by atoms with Gasteiger partial charge in [-0.15, -0.1) is 0 Å². The molecule has 0 spiro atoms. The van der Waals surface area contributed by atoms with Crippen molar-refractivity contribution in [2.75, 3.05) is 11.5 Å². The summed E-state index contributed by atoms with van der Waals surface area (Å²) in [7, 11) is 0. The first-order valence-corrected chi connectivity index (χ1v) is 5.28. The molecule has 0 atom stereocenters. The maximum Gasteiger partial charge on any atom is 0.244 e. The largest absolute Gasteiger partial charge is 0.383 e. The molecule has 0 aliphatic rings. The molecule has 2 aromatic heterocycles. The lowest BCUT2D eigenvalue weighted by molar-refractivity contribution is -0.118. The zero-order chi connectivity index (χ0) is 11.5. The lowest BCUT2D eigenvalue weighted by atomic mass is 10.6. The molecule has 0 radical (unpaired) electrons. The summed E-state index contributed by atoms with van der Waals surface area (Å²) in [4.78, 5) is 19.0. The molecule has 2 aromatic rings. The van der Waals surface area contributed by atoms with E-state index in [-0.39, 0.29) is 11.7 Å². The lowest BCUT2D eigenvalue weighted by Crippen LogP contribution is -2.31. The van der Waals surface area contributed by atoms with Crippen LogP contribution in [0.4, 0.5) is 5.82 Å². The first kappa shape index (κ1) is 10.6. The molecule has 0 aliphatic carbocycles. The fraction of sp³-hybridized carbons (Fsp3) is 0.143. The first-order valence-electron chi connectivity index (χ1n) is 4.29. The minimum absolute atomic E-state index is 0.141. The molecule has 16 heavy (non-hydrogen) atoms. The van der Waals surface area contributed by atoms with E-state index >= 15 is 0 Å². The second-order valence-electron chi connectivity index (χ2n) is 2.85. The van der Waals surface area contributed by atoms with Crippen molar-refractivity contribution in [1.29, 1.82) is 0 Å². The summed E-state index contributed by atoms with van der Waals surface area (Å²) in [6.07, 6.45) is 1.39. The summed E-state index contributed by atoms with van der Waals surface area (Å²) < 4.78 is 1.50. The van der Waals surface area contributed by atoms with Crippen molar-refractivity contribution in [2.24, 2.45) is 5.84 Å². The third kappa shape index (κ3) is 2.04. The Morgan fingerprint density at radius 3 is 3.19 bits per heavy atom. The monoisotopic (exact) mass is 239 g/mol. The molecule has 0 aliphatic heterocycles. The van der Waals surface area contributed by atoms with E-state index in [1.54, 1.807) is 6.07 Å². The van der Waals surface area contributed by atoms with Crippen LogP contribution in [-0.4, -0.2) is 31.2 Å². The average molecular weight is 239 g/mol. The highest BCUT2D eigenvalue weighted by Gasteiger charge is 2.08. The van der Waals surface area contributed by atoms with Crippen LogP contribution >= 0.6 is 11.8 Å². The molecule has 0 fully saturated rings. The Bertz CT molecular complexity index is 524. The first-order chi connectivity index (χ1) is 7.70. The van der Waals surface area contributed by atoms with Crippen LogP contribution < -0.4 is 17.0 Å². The number of carbonyl (C=O) groups excluding carboxylic acids is 1. The molecule has 0 saturated carbocycles. The number of nitrogens with one attached hydrogen (secondary N) is 1. The van der Waals surface area contributed by atoms with Crippen LogP contribution in [0.2, 0.25) is 0 Å². The highest BCUT2D eigenvalue weighted by molar-refractivity contribution is 7.99. The van der Waals surface area contributed by atoms with Gasteiger partial charge in [-0.2, -0.15) is 9.61 Å². The van der Waals surface area contributed by atoms with Crippen LogP contribution in [0.15, 0.2) is 17.6 Å². The molecule has 1 amide bonds. The van der Waals surface area contributed by atoms with Gasteiger partial charge in [-0.3, -0.25) is 10.2 Å². The van der Waals surface area contributed by atoms with E-state index in [9.17, 15) is 4.79 Å². The van der Waals surface area contributed by atoms with Crippen LogP contribution in [0.5, 0.6) is 0 Å². The molecule has 84 valence electrons. The molecule has 2 heterocycles. The van der Waals surface area contributed by atoms with Crippen molar-refractivity contribution in [2.45, 2.75) is 5.16 Å². The number of thioether (sulfide) groups is 1. The molecule has 2 rings (SSSR count). The number of nitrogens with two attached hydrogens (primary N) is 2. The van der Waals surface area contributed by atoms with Crippen molar-refractivity contribution >= 4 is 29.1 Å². The Kier molecular flexibility index (Phi) is 2.88. The Balaban J connectivity index is 2.28. The number of rotatable bonds is 3. The molecule has 0 unspecified atom stereocenters. The third-order valence-corrected chi connectivity index (χ3v) is 2.68. The second kappa shape index (κ2) is 4.33. The van der Waals surface area contributed by atoms with Gasteiger partial charge in [0.2, 0.25) is 5.91 Å². The molecule has 0 bridgehead atoms. The van der Waals surface area contributed by atoms with Gasteiger partial charge >= 0.3 is 0 Å². The van der Waals surface area contributed by atoms with E-state index in [1.165, 1.54) is 22.6 Å². The predicted molar refractivity (Wildman–Crippen MR) is 58.2 cm³/mol. The van der Waals surface area contributed by atoms with Gasteiger partial charge in [0, 0.05) is 6.07 Å². The standard InChI is InChI=1S/C7H9N7OS/c8-4-1-5-10-3-11-14(5)7(12-4)16-2-6(15)13-9/h1,3H,2,8-9H2,(H,13,15). The van der Waals surface area contributed by atoms with Crippen molar-refractivity contribution < 1.29 is 4.79 Å². The number of anilines is 1. The summed E-state index contributed by atoms with van der Waals surface area (Å²) in [6.45, 7) is 0. The smallest absolute Gasteiger partial charge is 0.244 e. The van der Waals surface area contributed by atoms with Gasteiger partial charge in [0.1, 0.15) is 12.1 Å². The maximum absolute atomic E-state index is 11.0. The van der Waals surface area contributed by atoms with Crippen LogP contribution in [0.25, 0.3) is 5.65 Å². The summed E-state index contributed by atoms with van der Waals surface area (Å²) in [5.41, 5.74) is 8.21. The highest BCUT2D eigenvalue weighted by Crippen LogP contribution is 2.17. The van der Waals surface area contributed by atoms with Gasteiger partial charge in [0.15, 0.2) is 10.8 Å². The zero-order valence-corrected chi connectivity index (χ0v) is 8.94. The normalized spacial score (nSPS) is 10.6. The van der Waals surface area contributed by atoms with Crippen LogP contribution in [0.1, 0.15) is 0 Å². The number of aromatic nitrogens is 4. The van der Waals surface area contributed by atoms with Crippen molar-refractivity contribution in [3.63, 3.8) is 0 Å². The minimum Gasteiger partial charge on any atom is -0.383 e. The molecular weight excluding hydrogens is 230 g/mol. The third-order valence-electron chi connectivity index (χ3n) is 1.75. The maximum atomic E-state index is 11.0. The van der Waals surface area contributed by atoms with E-state index in [4.69, 9.17) is 11.6 Å². The number of carbonyl (C=O) groups is 1. The summed E-state index contributed by atoms with van der Waals surface area (Å²) in [5, 5.41) is 4.46. The number of hydrogen-bond donors (Lipinski definition) is 3. The lowest BCUT2D eigenvalue weighted by Gasteiger charge is -2.03.